The first-order valence-corrected chi connectivity index (χ1v) is 9.37. The number of amides is 2. The van der Waals surface area contributed by atoms with Crippen LogP contribution in [0, 0.1) is 6.92 Å². The molecule has 0 fully saturated rings. The third-order valence-corrected chi connectivity index (χ3v) is 4.46. The lowest BCUT2D eigenvalue weighted by Crippen LogP contribution is -2.35. The monoisotopic (exact) mass is 410 g/mol. The summed E-state index contributed by atoms with van der Waals surface area (Å²) >= 11 is 0. The first kappa shape index (κ1) is 21.2. The number of aryl methyl sites for hydroxylation is 1. The van der Waals surface area contributed by atoms with Crippen LogP contribution < -0.4 is 10.2 Å². The zero-order valence-electron chi connectivity index (χ0n) is 16.4. The molecule has 3 nitrogen and oxygen atoms in total. The minimum Gasteiger partial charge on any atom is -0.307 e. The number of rotatable bonds is 5. The van der Waals surface area contributed by atoms with Crippen molar-refractivity contribution < 1.29 is 18.0 Å². The Labute approximate surface area is 173 Å². The van der Waals surface area contributed by atoms with Crippen LogP contribution in [0.3, 0.4) is 0 Å². The number of hydrogen-bond donors (Lipinski definition) is 1. The summed E-state index contributed by atoms with van der Waals surface area (Å²) in [6.45, 7) is 2.11. The number of halogens is 3. The number of nitrogens with one attached hydrogen (secondary N) is 1. The van der Waals surface area contributed by atoms with Gasteiger partial charge in [0, 0.05) is 12.2 Å². The number of hydrogen-bond acceptors (Lipinski definition) is 1. The predicted molar refractivity (Wildman–Crippen MR) is 114 cm³/mol. The van der Waals surface area contributed by atoms with Gasteiger partial charge in [-0.15, -0.1) is 0 Å². The van der Waals surface area contributed by atoms with Crippen molar-refractivity contribution in [2.75, 3.05) is 16.8 Å². The highest BCUT2D eigenvalue weighted by atomic mass is 19.4. The molecule has 0 radical (unpaired) electrons. The van der Waals surface area contributed by atoms with Gasteiger partial charge in [-0.05, 0) is 36.8 Å². The Bertz CT molecular complexity index is 1010. The van der Waals surface area contributed by atoms with E-state index in [0.717, 1.165) is 17.2 Å². The molecule has 0 spiro atoms. The maximum Gasteiger partial charge on any atom is 0.418 e. The number of nitrogens with zero attached hydrogens (tertiary/aromatic N) is 1. The van der Waals surface area contributed by atoms with Crippen molar-refractivity contribution in [3.8, 4) is 0 Å². The van der Waals surface area contributed by atoms with Crippen LogP contribution in [-0.4, -0.2) is 12.6 Å². The molecule has 0 saturated heterocycles. The van der Waals surface area contributed by atoms with E-state index in [4.69, 9.17) is 0 Å². The molecule has 2 amide bonds. The summed E-state index contributed by atoms with van der Waals surface area (Å²) in [5.41, 5.74) is 1.40. The van der Waals surface area contributed by atoms with Gasteiger partial charge in [0.05, 0.1) is 11.3 Å². The number of alkyl halides is 3. The van der Waals surface area contributed by atoms with Gasteiger partial charge in [-0.2, -0.15) is 13.2 Å². The molecular weight excluding hydrogens is 389 g/mol. The third kappa shape index (κ3) is 5.50. The van der Waals surface area contributed by atoms with E-state index in [-0.39, 0.29) is 12.2 Å². The fourth-order valence-electron chi connectivity index (χ4n) is 2.91. The Kier molecular flexibility index (Phi) is 6.57. The van der Waals surface area contributed by atoms with Gasteiger partial charge in [0.25, 0.3) is 0 Å². The molecule has 154 valence electrons. The maximum absolute atomic E-state index is 13.3. The molecule has 0 aliphatic rings. The summed E-state index contributed by atoms with van der Waals surface area (Å²) in [6, 6.07) is 21.1. The number of urea groups is 1. The minimum atomic E-state index is -4.56. The molecule has 0 aliphatic heterocycles. The largest absolute Gasteiger partial charge is 0.418 e. The Morgan fingerprint density at radius 1 is 0.933 bits per heavy atom. The van der Waals surface area contributed by atoms with Crippen molar-refractivity contribution in [2.24, 2.45) is 0 Å². The molecule has 0 heterocycles. The highest BCUT2D eigenvalue weighted by Gasteiger charge is 2.34. The van der Waals surface area contributed by atoms with E-state index in [1.165, 1.54) is 23.1 Å². The van der Waals surface area contributed by atoms with E-state index in [1.807, 2.05) is 55.5 Å². The molecule has 3 aromatic rings. The second-order valence-corrected chi connectivity index (χ2v) is 6.73. The Morgan fingerprint density at radius 2 is 1.57 bits per heavy atom. The molecule has 3 aromatic carbocycles. The van der Waals surface area contributed by atoms with E-state index in [2.05, 4.69) is 5.32 Å². The Balaban J connectivity index is 1.85. The van der Waals surface area contributed by atoms with Crippen molar-refractivity contribution >= 4 is 23.5 Å². The van der Waals surface area contributed by atoms with Crippen LogP contribution in [0.1, 0.15) is 16.7 Å². The van der Waals surface area contributed by atoms with Crippen molar-refractivity contribution in [3.63, 3.8) is 0 Å². The molecule has 0 aromatic heterocycles. The molecule has 0 saturated carbocycles. The number of para-hydroxylation sites is 1. The maximum atomic E-state index is 13.3. The van der Waals surface area contributed by atoms with Gasteiger partial charge in [0.15, 0.2) is 0 Å². The normalized spacial score (nSPS) is 11.5. The topological polar surface area (TPSA) is 32.3 Å². The van der Waals surface area contributed by atoms with E-state index in [0.29, 0.717) is 5.69 Å². The summed E-state index contributed by atoms with van der Waals surface area (Å²) in [5.74, 6) is 0. The van der Waals surface area contributed by atoms with E-state index >= 15 is 0 Å². The van der Waals surface area contributed by atoms with Crippen molar-refractivity contribution in [3.05, 3.63) is 102 Å². The standard InChI is InChI=1S/C24H21F3N2O/c1-18-13-15-20(16-14-18)29(17-7-10-19-8-3-2-4-9-19)23(30)28-22-12-6-5-11-21(22)24(25,26)27/h2-16H,17H2,1H3,(H,28,30)/b10-7+. The molecule has 0 unspecified atom stereocenters. The highest BCUT2D eigenvalue weighted by Crippen LogP contribution is 2.34. The lowest BCUT2D eigenvalue weighted by molar-refractivity contribution is -0.136. The number of anilines is 2. The van der Waals surface area contributed by atoms with E-state index < -0.39 is 17.8 Å². The van der Waals surface area contributed by atoms with Crippen molar-refractivity contribution in [2.45, 2.75) is 13.1 Å². The second kappa shape index (κ2) is 9.31. The summed E-state index contributed by atoms with van der Waals surface area (Å²) in [7, 11) is 0. The van der Waals surface area contributed by atoms with Crippen LogP contribution in [-0.2, 0) is 6.18 Å². The summed E-state index contributed by atoms with van der Waals surface area (Å²) in [5, 5.41) is 2.41. The molecule has 0 bridgehead atoms. The predicted octanol–water partition coefficient (Wildman–Crippen LogP) is 6.77. The number of benzene rings is 3. The SMILES string of the molecule is Cc1ccc(N(C/C=C/c2ccccc2)C(=O)Nc2ccccc2C(F)(F)F)cc1. The van der Waals surface area contributed by atoms with Crippen LogP contribution in [0.15, 0.2) is 84.9 Å². The van der Waals surface area contributed by atoms with Crippen LogP contribution in [0.4, 0.5) is 29.3 Å². The minimum absolute atomic E-state index is 0.192. The highest BCUT2D eigenvalue weighted by molar-refractivity contribution is 6.02. The zero-order chi connectivity index (χ0) is 21.6. The van der Waals surface area contributed by atoms with E-state index in [1.54, 1.807) is 18.2 Å². The lowest BCUT2D eigenvalue weighted by Gasteiger charge is -2.23. The smallest absolute Gasteiger partial charge is 0.307 e. The summed E-state index contributed by atoms with van der Waals surface area (Å²) < 4.78 is 39.8. The quantitative estimate of drug-likeness (QED) is 0.495. The van der Waals surface area contributed by atoms with E-state index in [9.17, 15) is 18.0 Å². The van der Waals surface area contributed by atoms with Crippen LogP contribution in [0.2, 0.25) is 0 Å². The fraction of sp³-hybridized carbons (Fsp3) is 0.125. The molecule has 0 atom stereocenters. The summed E-state index contributed by atoms with van der Waals surface area (Å²) in [4.78, 5) is 14.3. The van der Waals surface area contributed by atoms with Gasteiger partial charge in [-0.1, -0.05) is 72.3 Å². The molecular formula is C24H21F3N2O. The second-order valence-electron chi connectivity index (χ2n) is 6.73. The first-order valence-electron chi connectivity index (χ1n) is 9.37. The average Bonchev–Trinajstić information content (AvgIpc) is 2.72. The molecule has 0 aliphatic carbocycles. The van der Waals surface area contributed by atoms with Gasteiger partial charge in [-0.25, -0.2) is 4.79 Å². The van der Waals surface area contributed by atoms with Gasteiger partial charge in [-0.3, -0.25) is 4.90 Å². The van der Waals surface area contributed by atoms with Crippen LogP contribution in [0.25, 0.3) is 6.08 Å². The first-order chi connectivity index (χ1) is 14.3. The van der Waals surface area contributed by atoms with Crippen LogP contribution in [0.5, 0.6) is 0 Å². The Hall–Kier alpha value is -3.54. The molecule has 30 heavy (non-hydrogen) atoms. The Morgan fingerprint density at radius 3 is 2.23 bits per heavy atom. The average molecular weight is 410 g/mol. The third-order valence-electron chi connectivity index (χ3n) is 4.46. The molecule has 1 N–H and O–H groups in total. The van der Waals surface area contributed by atoms with Crippen molar-refractivity contribution in [1.29, 1.82) is 0 Å². The zero-order valence-corrected chi connectivity index (χ0v) is 16.4. The van der Waals surface area contributed by atoms with Gasteiger partial charge in [0.2, 0.25) is 0 Å². The number of carbonyl (C=O) groups is 1. The lowest BCUT2D eigenvalue weighted by atomic mass is 10.1. The van der Waals surface area contributed by atoms with Gasteiger partial charge < -0.3 is 5.32 Å². The fourth-order valence-corrected chi connectivity index (χ4v) is 2.91. The number of carbonyl (C=O) groups excluding carboxylic acids is 1. The summed E-state index contributed by atoms with van der Waals surface area (Å²) in [6.07, 6.45) is -0.908. The van der Waals surface area contributed by atoms with Crippen molar-refractivity contribution in [1.82, 2.24) is 0 Å². The molecule has 3 rings (SSSR count). The molecule has 6 heteroatoms. The van der Waals surface area contributed by atoms with Crippen LogP contribution >= 0.6 is 0 Å². The van der Waals surface area contributed by atoms with Gasteiger partial charge in [0.1, 0.15) is 0 Å². The van der Waals surface area contributed by atoms with Gasteiger partial charge >= 0.3 is 12.2 Å².